The van der Waals surface area contributed by atoms with Crippen LogP contribution in [0.2, 0.25) is 0 Å². The number of nitrogens with one attached hydrogen (secondary N) is 2. The van der Waals surface area contributed by atoms with Gasteiger partial charge in [-0.15, -0.1) is 11.3 Å². The Morgan fingerprint density at radius 2 is 2.22 bits per heavy atom. The highest BCUT2D eigenvalue weighted by Crippen LogP contribution is 2.35. The van der Waals surface area contributed by atoms with Gasteiger partial charge in [-0.3, -0.25) is 10.2 Å². The fourth-order valence-corrected chi connectivity index (χ4v) is 4.48. The van der Waals surface area contributed by atoms with Gasteiger partial charge in [0.15, 0.2) is 5.11 Å². The number of aryl methyl sites for hydroxylation is 1. The zero-order chi connectivity index (χ0) is 18.8. The van der Waals surface area contributed by atoms with Gasteiger partial charge in [0.1, 0.15) is 11.2 Å². The van der Waals surface area contributed by atoms with Gasteiger partial charge in [0, 0.05) is 23.6 Å². The van der Waals surface area contributed by atoms with Crippen LogP contribution in [0.4, 0.5) is 0 Å². The molecule has 6 nitrogen and oxygen atoms in total. The second-order valence-corrected chi connectivity index (χ2v) is 8.07. The van der Waals surface area contributed by atoms with Crippen LogP contribution in [0.25, 0.3) is 21.3 Å². The van der Waals surface area contributed by atoms with Crippen molar-refractivity contribution in [3.63, 3.8) is 0 Å². The van der Waals surface area contributed by atoms with E-state index in [9.17, 15) is 4.79 Å². The molecule has 0 amide bonds. The van der Waals surface area contributed by atoms with Crippen LogP contribution in [-0.4, -0.2) is 34.0 Å². The van der Waals surface area contributed by atoms with E-state index in [4.69, 9.17) is 17.0 Å². The SMILES string of the molecule is Cc1sc2ncn(NC(=S)NC[C@H]3CCCO3)c(=O)c2c1-c1ccccc1. The van der Waals surface area contributed by atoms with E-state index in [0.29, 0.717) is 17.0 Å². The van der Waals surface area contributed by atoms with Gasteiger partial charge in [-0.2, -0.15) is 0 Å². The molecule has 8 heteroatoms. The van der Waals surface area contributed by atoms with Gasteiger partial charge in [0.05, 0.1) is 11.5 Å². The van der Waals surface area contributed by atoms with Crippen LogP contribution in [0.3, 0.4) is 0 Å². The van der Waals surface area contributed by atoms with Gasteiger partial charge >= 0.3 is 0 Å². The van der Waals surface area contributed by atoms with Crippen LogP contribution in [0, 0.1) is 6.92 Å². The highest BCUT2D eigenvalue weighted by atomic mass is 32.1. The molecular formula is C19H20N4O2S2. The lowest BCUT2D eigenvalue weighted by Gasteiger charge is -2.15. The number of aromatic nitrogens is 2. The summed E-state index contributed by atoms with van der Waals surface area (Å²) in [5, 5.41) is 4.10. The third kappa shape index (κ3) is 3.73. The van der Waals surface area contributed by atoms with Crippen molar-refractivity contribution in [2.45, 2.75) is 25.9 Å². The van der Waals surface area contributed by atoms with Crippen LogP contribution < -0.4 is 16.3 Å². The highest BCUT2D eigenvalue weighted by Gasteiger charge is 2.18. The molecule has 1 aliphatic rings. The minimum Gasteiger partial charge on any atom is -0.376 e. The third-order valence-corrected chi connectivity index (χ3v) is 5.84. The molecule has 140 valence electrons. The number of fused-ring (bicyclic) bond motifs is 1. The molecule has 0 aliphatic carbocycles. The summed E-state index contributed by atoms with van der Waals surface area (Å²) in [5.74, 6) is 0. The average Bonchev–Trinajstić information content (AvgIpc) is 3.30. The van der Waals surface area contributed by atoms with Crippen LogP contribution in [-0.2, 0) is 4.74 Å². The number of ether oxygens (including phenoxy) is 1. The summed E-state index contributed by atoms with van der Waals surface area (Å²) in [4.78, 5) is 19.3. The molecule has 1 atom stereocenters. The molecule has 0 saturated carbocycles. The summed E-state index contributed by atoms with van der Waals surface area (Å²) in [6.45, 7) is 3.44. The Morgan fingerprint density at radius 3 is 2.96 bits per heavy atom. The number of thiocarbonyl (C=S) groups is 1. The van der Waals surface area contributed by atoms with Gasteiger partial charge in [-0.1, -0.05) is 30.3 Å². The number of thiophene rings is 1. The predicted octanol–water partition coefficient (Wildman–Crippen LogP) is 3.03. The summed E-state index contributed by atoms with van der Waals surface area (Å²) >= 11 is 6.85. The molecule has 1 saturated heterocycles. The van der Waals surface area contributed by atoms with E-state index in [1.54, 1.807) is 0 Å². The molecule has 27 heavy (non-hydrogen) atoms. The Labute approximate surface area is 166 Å². The van der Waals surface area contributed by atoms with E-state index in [-0.39, 0.29) is 11.7 Å². The lowest BCUT2D eigenvalue weighted by molar-refractivity contribution is 0.114. The van der Waals surface area contributed by atoms with Crippen LogP contribution >= 0.6 is 23.6 Å². The van der Waals surface area contributed by atoms with E-state index in [0.717, 1.165) is 40.3 Å². The van der Waals surface area contributed by atoms with Crippen LogP contribution in [0.1, 0.15) is 17.7 Å². The zero-order valence-electron chi connectivity index (χ0n) is 14.9. The topological polar surface area (TPSA) is 68.2 Å². The number of hydrogen-bond acceptors (Lipinski definition) is 5. The number of hydrogen-bond donors (Lipinski definition) is 2. The van der Waals surface area contributed by atoms with E-state index in [1.807, 2.05) is 37.3 Å². The van der Waals surface area contributed by atoms with Crippen molar-refractivity contribution >= 4 is 38.9 Å². The molecule has 4 rings (SSSR count). The number of nitrogens with zero attached hydrogens (tertiary/aromatic N) is 2. The Balaban J connectivity index is 1.62. The zero-order valence-corrected chi connectivity index (χ0v) is 16.5. The van der Waals surface area contributed by atoms with E-state index >= 15 is 0 Å². The first kappa shape index (κ1) is 18.1. The lowest BCUT2D eigenvalue weighted by atomic mass is 10.0. The molecule has 3 heterocycles. The monoisotopic (exact) mass is 400 g/mol. The lowest BCUT2D eigenvalue weighted by Crippen LogP contribution is -2.41. The van der Waals surface area contributed by atoms with Crippen molar-refractivity contribution in [3.8, 4) is 11.1 Å². The van der Waals surface area contributed by atoms with E-state index < -0.39 is 0 Å². The van der Waals surface area contributed by atoms with E-state index in [1.165, 1.54) is 22.3 Å². The average molecular weight is 401 g/mol. The van der Waals surface area contributed by atoms with Crippen molar-refractivity contribution < 1.29 is 4.74 Å². The summed E-state index contributed by atoms with van der Waals surface area (Å²) in [5.41, 5.74) is 4.71. The standard InChI is InChI=1S/C19H20N4O2S2/c1-12-15(13-6-3-2-4-7-13)16-17(27-12)21-11-23(18(16)24)22-19(26)20-10-14-8-5-9-25-14/h2-4,6-7,11,14H,5,8-10H2,1H3,(H2,20,22,26)/t14-/m1/s1. The van der Waals surface area contributed by atoms with Crippen molar-refractivity contribution in [3.05, 3.63) is 51.9 Å². The minimum absolute atomic E-state index is 0.163. The molecule has 1 aliphatic heterocycles. The van der Waals surface area contributed by atoms with Gasteiger partial charge in [0.2, 0.25) is 0 Å². The third-order valence-electron chi connectivity index (χ3n) is 4.59. The quantitative estimate of drug-likeness (QED) is 0.656. The van der Waals surface area contributed by atoms with Gasteiger partial charge in [-0.25, -0.2) is 9.66 Å². The highest BCUT2D eigenvalue weighted by molar-refractivity contribution is 7.80. The maximum absolute atomic E-state index is 13.1. The molecule has 3 aromatic rings. The largest absolute Gasteiger partial charge is 0.376 e. The summed E-state index contributed by atoms with van der Waals surface area (Å²) in [7, 11) is 0. The van der Waals surface area contributed by atoms with Crippen molar-refractivity contribution in [1.29, 1.82) is 0 Å². The summed E-state index contributed by atoms with van der Waals surface area (Å²) < 4.78 is 6.91. The van der Waals surface area contributed by atoms with Gasteiger partial charge in [0.25, 0.3) is 5.56 Å². The van der Waals surface area contributed by atoms with Crippen LogP contribution in [0.5, 0.6) is 0 Å². The Kier molecular flexibility index (Phi) is 5.20. The smallest absolute Gasteiger partial charge is 0.281 e. The second-order valence-electron chi connectivity index (χ2n) is 6.46. The molecule has 0 spiro atoms. The Bertz CT molecular complexity index is 1020. The Morgan fingerprint density at radius 1 is 1.41 bits per heavy atom. The first-order chi connectivity index (χ1) is 13.1. The van der Waals surface area contributed by atoms with Gasteiger partial charge in [-0.05, 0) is 37.5 Å². The van der Waals surface area contributed by atoms with E-state index in [2.05, 4.69) is 15.7 Å². The fourth-order valence-electron chi connectivity index (χ4n) is 3.30. The first-order valence-electron chi connectivity index (χ1n) is 8.86. The Hall–Kier alpha value is -2.29. The van der Waals surface area contributed by atoms with Crippen LogP contribution in [0.15, 0.2) is 41.5 Å². The van der Waals surface area contributed by atoms with Crippen molar-refractivity contribution in [2.24, 2.45) is 0 Å². The predicted molar refractivity (Wildman–Crippen MR) is 113 cm³/mol. The van der Waals surface area contributed by atoms with Crippen molar-refractivity contribution in [1.82, 2.24) is 15.0 Å². The molecule has 0 radical (unpaired) electrons. The summed E-state index contributed by atoms with van der Waals surface area (Å²) in [6.07, 6.45) is 3.76. The fraction of sp³-hybridized carbons (Fsp3) is 0.316. The maximum Gasteiger partial charge on any atom is 0.281 e. The van der Waals surface area contributed by atoms with Gasteiger partial charge < -0.3 is 10.1 Å². The molecule has 1 fully saturated rings. The van der Waals surface area contributed by atoms with Crippen molar-refractivity contribution in [2.75, 3.05) is 18.6 Å². The molecule has 1 aromatic carbocycles. The normalized spacial score (nSPS) is 16.6. The molecule has 2 N–H and O–H groups in total. The number of benzene rings is 1. The number of rotatable bonds is 4. The molecule has 2 aromatic heterocycles. The first-order valence-corrected chi connectivity index (χ1v) is 10.1. The minimum atomic E-state index is -0.163. The summed E-state index contributed by atoms with van der Waals surface area (Å²) in [6, 6.07) is 9.91. The molecule has 0 bridgehead atoms. The second kappa shape index (κ2) is 7.75. The molecular weight excluding hydrogens is 380 g/mol. The maximum atomic E-state index is 13.1. The molecule has 0 unspecified atom stereocenters.